The van der Waals surface area contributed by atoms with Crippen LogP contribution in [0.25, 0.3) is 5.70 Å². The molecule has 0 radical (unpaired) electrons. The third-order valence-electron chi connectivity index (χ3n) is 6.84. The summed E-state index contributed by atoms with van der Waals surface area (Å²) in [7, 11) is 1.67. The molecular formula is C29H26N4O2. The Balaban J connectivity index is 1.60. The number of Topliss-reactive ketones (excluding diaryl/α,β-unsaturated/α-hetero) is 1. The van der Waals surface area contributed by atoms with Gasteiger partial charge in [-0.2, -0.15) is 5.01 Å². The van der Waals surface area contributed by atoms with Crippen molar-refractivity contribution >= 4 is 29.0 Å². The number of carbonyl (C=O) groups is 1. The van der Waals surface area contributed by atoms with Crippen molar-refractivity contribution in [1.82, 2.24) is 4.90 Å². The molecule has 1 unspecified atom stereocenters. The molecule has 0 amide bonds. The van der Waals surface area contributed by atoms with Gasteiger partial charge in [-0.25, -0.2) is 4.99 Å². The Bertz CT molecular complexity index is 1390. The number of nitrogens with zero attached hydrogens (tertiary/aromatic N) is 4. The number of guanidine groups is 1. The zero-order valence-electron chi connectivity index (χ0n) is 19.8. The van der Waals surface area contributed by atoms with Crippen molar-refractivity contribution < 1.29 is 9.53 Å². The van der Waals surface area contributed by atoms with E-state index >= 15 is 0 Å². The second kappa shape index (κ2) is 8.55. The number of hydrazone groups is 1. The molecule has 2 heterocycles. The third kappa shape index (κ3) is 3.53. The van der Waals surface area contributed by atoms with Gasteiger partial charge in [0.2, 0.25) is 5.96 Å². The van der Waals surface area contributed by atoms with Crippen molar-refractivity contribution in [3.63, 3.8) is 0 Å². The van der Waals surface area contributed by atoms with Gasteiger partial charge in [0.1, 0.15) is 5.75 Å². The molecule has 0 bridgehead atoms. The van der Waals surface area contributed by atoms with Crippen LogP contribution in [0.15, 0.2) is 94.5 Å². The Morgan fingerprint density at radius 2 is 1.69 bits per heavy atom. The van der Waals surface area contributed by atoms with E-state index in [1.165, 1.54) is 11.1 Å². The van der Waals surface area contributed by atoms with E-state index in [4.69, 9.17) is 14.8 Å². The molecule has 3 aliphatic rings. The first-order valence-electron chi connectivity index (χ1n) is 11.9. The maximum Gasteiger partial charge on any atom is 0.234 e. The molecular weight excluding hydrogens is 436 g/mol. The average Bonchev–Trinajstić information content (AvgIpc) is 3.18. The summed E-state index contributed by atoms with van der Waals surface area (Å²) in [4.78, 5) is 20.1. The second-order valence-electron chi connectivity index (χ2n) is 8.97. The molecule has 6 heteroatoms. The van der Waals surface area contributed by atoms with E-state index in [1.807, 2.05) is 47.4 Å². The number of anilines is 1. The Labute approximate surface area is 204 Å². The monoisotopic (exact) mass is 462 g/mol. The normalized spacial score (nSPS) is 18.7. The summed E-state index contributed by atoms with van der Waals surface area (Å²) in [6.45, 7) is 1.57. The van der Waals surface area contributed by atoms with E-state index < -0.39 is 0 Å². The SMILES string of the molecule is COc1ccc(C2C3=C(N=C4N(c5ccccc5)N=C(C(C)=O)N42)c2ccccc2CCC3)cc1. The molecule has 0 saturated carbocycles. The molecule has 0 saturated heterocycles. The van der Waals surface area contributed by atoms with Crippen LogP contribution in [0, 0.1) is 0 Å². The van der Waals surface area contributed by atoms with Gasteiger partial charge in [-0.1, -0.05) is 54.6 Å². The number of ketones is 1. The summed E-state index contributed by atoms with van der Waals surface area (Å²) in [6.07, 6.45) is 2.92. The highest BCUT2D eigenvalue weighted by molar-refractivity contribution is 6.43. The quantitative estimate of drug-likeness (QED) is 0.508. The number of hydrogen-bond donors (Lipinski definition) is 0. The van der Waals surface area contributed by atoms with Gasteiger partial charge in [0, 0.05) is 12.5 Å². The van der Waals surface area contributed by atoms with Crippen molar-refractivity contribution in [3.05, 3.63) is 101 Å². The van der Waals surface area contributed by atoms with Gasteiger partial charge in [-0.15, -0.1) is 5.10 Å². The molecule has 0 N–H and O–H groups in total. The molecule has 6 rings (SSSR count). The lowest BCUT2D eigenvalue weighted by Crippen LogP contribution is -2.45. The molecule has 35 heavy (non-hydrogen) atoms. The minimum Gasteiger partial charge on any atom is -0.497 e. The van der Waals surface area contributed by atoms with Crippen LogP contribution in [0.2, 0.25) is 0 Å². The maximum absolute atomic E-state index is 12.9. The number of benzene rings is 3. The molecule has 0 aromatic heterocycles. The molecule has 3 aromatic rings. The lowest BCUT2D eigenvalue weighted by atomic mass is 9.90. The summed E-state index contributed by atoms with van der Waals surface area (Å²) in [6, 6.07) is 26.3. The van der Waals surface area contributed by atoms with Gasteiger partial charge >= 0.3 is 0 Å². The largest absolute Gasteiger partial charge is 0.497 e. The van der Waals surface area contributed by atoms with Crippen LogP contribution in [0.3, 0.4) is 0 Å². The van der Waals surface area contributed by atoms with Crippen LogP contribution in [0.1, 0.15) is 42.5 Å². The number of fused-ring (bicyclic) bond motifs is 3. The molecule has 6 nitrogen and oxygen atoms in total. The van der Waals surface area contributed by atoms with Crippen molar-refractivity contribution in [3.8, 4) is 5.75 Å². The Kier molecular flexibility index (Phi) is 5.21. The van der Waals surface area contributed by atoms with Crippen LogP contribution in [0.4, 0.5) is 5.69 Å². The van der Waals surface area contributed by atoms with E-state index in [2.05, 4.69) is 36.4 Å². The summed E-state index contributed by atoms with van der Waals surface area (Å²) < 4.78 is 5.42. The van der Waals surface area contributed by atoms with Crippen molar-refractivity contribution in [2.24, 2.45) is 10.1 Å². The summed E-state index contributed by atoms with van der Waals surface area (Å²) in [5, 5.41) is 6.59. The van der Waals surface area contributed by atoms with Gasteiger partial charge in [0.15, 0.2) is 11.6 Å². The van der Waals surface area contributed by atoms with Gasteiger partial charge in [0.25, 0.3) is 0 Å². The maximum atomic E-state index is 12.9. The second-order valence-corrected chi connectivity index (χ2v) is 8.97. The van der Waals surface area contributed by atoms with Gasteiger partial charge < -0.3 is 4.74 Å². The Morgan fingerprint density at radius 1 is 0.943 bits per heavy atom. The first-order valence-corrected chi connectivity index (χ1v) is 11.9. The fraction of sp³-hybridized carbons (Fsp3) is 0.207. The van der Waals surface area contributed by atoms with Crippen LogP contribution in [-0.4, -0.2) is 29.6 Å². The number of rotatable bonds is 4. The fourth-order valence-corrected chi connectivity index (χ4v) is 5.23. The highest BCUT2D eigenvalue weighted by Crippen LogP contribution is 2.46. The number of aryl methyl sites for hydroxylation is 1. The van der Waals surface area contributed by atoms with Crippen molar-refractivity contribution in [2.75, 3.05) is 12.1 Å². The van der Waals surface area contributed by atoms with E-state index in [0.29, 0.717) is 11.8 Å². The number of ether oxygens (including phenoxy) is 1. The number of hydrogen-bond acceptors (Lipinski definition) is 6. The molecule has 0 fully saturated rings. The summed E-state index contributed by atoms with van der Waals surface area (Å²) >= 11 is 0. The Hall–Kier alpha value is -4.19. The van der Waals surface area contributed by atoms with Crippen LogP contribution in [-0.2, 0) is 11.2 Å². The minimum atomic E-state index is -0.189. The standard InChI is InChI=1S/C29H26N4O2/c1-19(34)28-31-33(22-11-4-3-5-12-22)29-30-26-24-13-7-6-9-20(24)10-8-14-25(26)27(32(28)29)21-15-17-23(35-2)18-16-21/h3-7,9,11-13,15-18,27H,8,10,14H2,1-2H3. The molecule has 1 atom stereocenters. The van der Waals surface area contributed by atoms with Gasteiger partial charge in [0.05, 0.1) is 24.5 Å². The summed E-state index contributed by atoms with van der Waals surface area (Å²) in [5.41, 5.74) is 6.62. The molecule has 3 aromatic carbocycles. The van der Waals surface area contributed by atoms with Gasteiger partial charge in [-0.05, 0) is 60.2 Å². The number of aliphatic imine (C=N–C) groups is 1. The highest BCUT2D eigenvalue weighted by atomic mass is 16.5. The van der Waals surface area contributed by atoms with Gasteiger partial charge in [-0.3, -0.25) is 9.69 Å². The molecule has 1 aliphatic carbocycles. The highest BCUT2D eigenvalue weighted by Gasteiger charge is 2.44. The Morgan fingerprint density at radius 3 is 2.43 bits per heavy atom. The third-order valence-corrected chi connectivity index (χ3v) is 6.84. The lowest BCUT2D eigenvalue weighted by molar-refractivity contribution is -0.111. The topological polar surface area (TPSA) is 57.5 Å². The lowest BCUT2D eigenvalue weighted by Gasteiger charge is -2.37. The fourth-order valence-electron chi connectivity index (χ4n) is 5.23. The first kappa shape index (κ1) is 21.4. The predicted molar refractivity (Wildman–Crippen MR) is 138 cm³/mol. The van der Waals surface area contributed by atoms with E-state index in [9.17, 15) is 4.79 Å². The van der Waals surface area contributed by atoms with E-state index in [-0.39, 0.29) is 11.8 Å². The number of para-hydroxylation sites is 1. The predicted octanol–water partition coefficient (Wildman–Crippen LogP) is 5.58. The van der Waals surface area contributed by atoms with Crippen LogP contribution in [0.5, 0.6) is 5.75 Å². The van der Waals surface area contributed by atoms with Crippen LogP contribution < -0.4 is 9.75 Å². The summed E-state index contributed by atoms with van der Waals surface area (Å²) in [5.74, 6) is 1.76. The van der Waals surface area contributed by atoms with Crippen LogP contribution >= 0.6 is 0 Å². The first-order chi connectivity index (χ1) is 17.2. The number of amidine groups is 1. The molecule has 0 spiro atoms. The zero-order valence-corrected chi connectivity index (χ0v) is 19.8. The van der Waals surface area contributed by atoms with Crippen molar-refractivity contribution in [1.29, 1.82) is 0 Å². The number of carbonyl (C=O) groups excluding carboxylic acids is 1. The average molecular weight is 463 g/mol. The smallest absolute Gasteiger partial charge is 0.234 e. The molecule has 174 valence electrons. The minimum absolute atomic E-state index is 0.0901. The van der Waals surface area contributed by atoms with E-state index in [0.717, 1.165) is 47.5 Å². The number of methoxy groups -OCH3 is 1. The van der Waals surface area contributed by atoms with E-state index in [1.54, 1.807) is 19.0 Å². The molecule has 2 aliphatic heterocycles. The van der Waals surface area contributed by atoms with Crippen molar-refractivity contribution in [2.45, 2.75) is 32.2 Å². The zero-order chi connectivity index (χ0) is 23.9.